The Morgan fingerprint density at radius 1 is 0.929 bits per heavy atom. The van der Waals surface area contributed by atoms with E-state index in [1.54, 1.807) is 4.52 Å². The number of aryl methyl sites for hydroxylation is 1. The second-order valence-corrected chi connectivity index (χ2v) is 6.30. The summed E-state index contributed by atoms with van der Waals surface area (Å²) in [5.74, 6) is 3.84. The van der Waals surface area contributed by atoms with E-state index >= 15 is 0 Å². The number of aromatic nitrogens is 4. The van der Waals surface area contributed by atoms with Gasteiger partial charge in [-0.3, -0.25) is 0 Å². The average Bonchev–Trinajstić information content (AvgIpc) is 3.17. The van der Waals surface area contributed by atoms with Crippen LogP contribution in [0, 0.1) is 13.8 Å². The third-order valence-electron chi connectivity index (χ3n) is 4.37. The number of para-hydroxylation sites is 1. The maximum atomic E-state index is 5.82. The molecule has 1 N–H and O–H groups in total. The first-order chi connectivity index (χ1) is 13.7. The molecule has 0 spiro atoms. The molecule has 0 bridgehead atoms. The molecule has 0 aliphatic carbocycles. The molecule has 28 heavy (non-hydrogen) atoms. The zero-order valence-electron chi connectivity index (χ0n) is 15.8. The summed E-state index contributed by atoms with van der Waals surface area (Å²) in [6.45, 7) is 5.11. The van der Waals surface area contributed by atoms with Crippen LogP contribution in [0.4, 0.5) is 5.82 Å². The fraction of sp³-hybridized carbons (Fsp3) is 0.190. The van der Waals surface area contributed by atoms with Crippen molar-refractivity contribution in [3.05, 3.63) is 72.2 Å². The highest BCUT2D eigenvalue weighted by molar-refractivity contribution is 5.51. The highest BCUT2D eigenvalue weighted by Crippen LogP contribution is 2.23. The number of ether oxygens (including phenoxy) is 2. The van der Waals surface area contributed by atoms with Crippen LogP contribution in [-0.4, -0.2) is 32.7 Å². The smallest absolute Gasteiger partial charge is 0.254 e. The van der Waals surface area contributed by atoms with E-state index in [4.69, 9.17) is 9.47 Å². The van der Waals surface area contributed by atoms with Gasteiger partial charge in [0.05, 0.1) is 6.54 Å². The molecule has 142 valence electrons. The monoisotopic (exact) mass is 375 g/mol. The number of nitrogens with one attached hydrogen (secondary N) is 1. The molecule has 0 amide bonds. The van der Waals surface area contributed by atoms with Gasteiger partial charge in [0.2, 0.25) is 0 Å². The van der Waals surface area contributed by atoms with E-state index in [9.17, 15) is 0 Å². The van der Waals surface area contributed by atoms with E-state index in [-0.39, 0.29) is 0 Å². The van der Waals surface area contributed by atoms with Crippen molar-refractivity contribution in [2.75, 3.05) is 18.5 Å². The predicted octanol–water partition coefficient (Wildman–Crippen LogP) is 4.02. The van der Waals surface area contributed by atoms with Crippen molar-refractivity contribution in [3.63, 3.8) is 0 Å². The molecule has 7 heteroatoms. The average molecular weight is 375 g/mol. The van der Waals surface area contributed by atoms with Crippen LogP contribution >= 0.6 is 0 Å². The molecular formula is C21H21N5O2. The second-order valence-electron chi connectivity index (χ2n) is 6.30. The minimum absolute atomic E-state index is 0.510. The van der Waals surface area contributed by atoms with Crippen molar-refractivity contribution in [3.8, 4) is 17.2 Å². The van der Waals surface area contributed by atoms with Gasteiger partial charge in [-0.2, -0.15) is 14.6 Å². The Balaban J connectivity index is 1.32. The van der Waals surface area contributed by atoms with Gasteiger partial charge in [-0.15, -0.1) is 0 Å². The number of hydrogen-bond acceptors (Lipinski definition) is 6. The van der Waals surface area contributed by atoms with Crippen LogP contribution in [0.1, 0.15) is 11.3 Å². The first-order valence-electron chi connectivity index (χ1n) is 9.07. The summed E-state index contributed by atoms with van der Waals surface area (Å²) < 4.78 is 13.3. The summed E-state index contributed by atoms with van der Waals surface area (Å²) in [7, 11) is 0. The predicted molar refractivity (Wildman–Crippen MR) is 107 cm³/mol. The first kappa shape index (κ1) is 17.8. The molecule has 0 unspecified atom stereocenters. The third kappa shape index (κ3) is 3.88. The number of rotatable bonds is 7. The minimum atomic E-state index is 0.510. The normalized spacial score (nSPS) is 10.8. The van der Waals surface area contributed by atoms with Crippen molar-refractivity contribution in [1.29, 1.82) is 0 Å². The Morgan fingerprint density at radius 3 is 2.43 bits per heavy atom. The number of fused-ring (bicyclic) bond motifs is 1. The lowest BCUT2D eigenvalue weighted by molar-refractivity contribution is 0.332. The summed E-state index contributed by atoms with van der Waals surface area (Å²) >= 11 is 0. The van der Waals surface area contributed by atoms with Crippen LogP contribution in [0.3, 0.4) is 0 Å². The van der Waals surface area contributed by atoms with Crippen LogP contribution < -0.4 is 14.8 Å². The van der Waals surface area contributed by atoms with Gasteiger partial charge in [0.15, 0.2) is 0 Å². The number of hydrogen-bond donors (Lipinski definition) is 1. The van der Waals surface area contributed by atoms with E-state index in [1.165, 1.54) is 6.33 Å². The van der Waals surface area contributed by atoms with E-state index in [2.05, 4.69) is 20.4 Å². The van der Waals surface area contributed by atoms with Gasteiger partial charge >= 0.3 is 0 Å². The van der Waals surface area contributed by atoms with Crippen LogP contribution in [0.25, 0.3) is 5.78 Å². The van der Waals surface area contributed by atoms with Gasteiger partial charge in [0, 0.05) is 11.3 Å². The van der Waals surface area contributed by atoms with Crippen LogP contribution in [0.5, 0.6) is 17.2 Å². The van der Waals surface area contributed by atoms with Gasteiger partial charge in [0.25, 0.3) is 5.78 Å². The van der Waals surface area contributed by atoms with Gasteiger partial charge in [0.1, 0.15) is 36.0 Å². The molecule has 0 atom stereocenters. The molecule has 2 aromatic heterocycles. The summed E-state index contributed by atoms with van der Waals surface area (Å²) in [5.41, 5.74) is 1.97. The van der Waals surface area contributed by atoms with Gasteiger partial charge in [-0.05, 0) is 50.2 Å². The molecule has 0 fully saturated rings. The lowest BCUT2D eigenvalue weighted by atomic mass is 10.2. The van der Waals surface area contributed by atoms with Crippen molar-refractivity contribution >= 4 is 11.6 Å². The molecule has 0 saturated heterocycles. The van der Waals surface area contributed by atoms with Crippen LogP contribution in [0.15, 0.2) is 60.9 Å². The molecule has 7 nitrogen and oxygen atoms in total. The fourth-order valence-corrected chi connectivity index (χ4v) is 2.81. The van der Waals surface area contributed by atoms with E-state index in [0.717, 1.165) is 34.3 Å². The zero-order chi connectivity index (χ0) is 19.3. The Hall–Kier alpha value is -3.61. The van der Waals surface area contributed by atoms with E-state index < -0.39 is 0 Å². The van der Waals surface area contributed by atoms with Crippen molar-refractivity contribution in [2.45, 2.75) is 13.8 Å². The standard InChI is InChI=1S/C21H21N5O2/c1-15-16(2)25-21-23-14-24-26(21)20(15)22-12-13-27-17-8-10-19(11-9-17)28-18-6-4-3-5-7-18/h3-11,14,22H,12-13H2,1-2H3. The summed E-state index contributed by atoms with van der Waals surface area (Å²) in [5, 5.41) is 7.60. The van der Waals surface area contributed by atoms with Gasteiger partial charge < -0.3 is 14.8 Å². The summed E-state index contributed by atoms with van der Waals surface area (Å²) in [6.07, 6.45) is 1.50. The van der Waals surface area contributed by atoms with Crippen LogP contribution in [-0.2, 0) is 0 Å². The summed E-state index contributed by atoms with van der Waals surface area (Å²) in [4.78, 5) is 8.57. The minimum Gasteiger partial charge on any atom is -0.492 e. The molecule has 0 saturated carbocycles. The first-order valence-corrected chi connectivity index (χ1v) is 9.07. The Bertz CT molecular complexity index is 1060. The molecule has 0 aliphatic heterocycles. The molecule has 0 aliphatic rings. The SMILES string of the molecule is Cc1nc2ncnn2c(NCCOc2ccc(Oc3ccccc3)cc2)c1C. The third-order valence-corrected chi connectivity index (χ3v) is 4.37. The topological polar surface area (TPSA) is 73.6 Å². The Kier molecular flexibility index (Phi) is 5.05. The quantitative estimate of drug-likeness (QED) is 0.492. The van der Waals surface area contributed by atoms with Crippen molar-refractivity contribution < 1.29 is 9.47 Å². The van der Waals surface area contributed by atoms with E-state index in [0.29, 0.717) is 18.9 Å². The molecule has 0 radical (unpaired) electrons. The van der Waals surface area contributed by atoms with Gasteiger partial charge in [-0.25, -0.2) is 4.98 Å². The lowest BCUT2D eigenvalue weighted by Crippen LogP contribution is -2.16. The largest absolute Gasteiger partial charge is 0.492 e. The fourth-order valence-electron chi connectivity index (χ4n) is 2.81. The highest BCUT2D eigenvalue weighted by atomic mass is 16.5. The van der Waals surface area contributed by atoms with Crippen molar-refractivity contribution in [1.82, 2.24) is 19.6 Å². The second kappa shape index (κ2) is 7.96. The molecule has 2 heterocycles. The maximum Gasteiger partial charge on any atom is 0.254 e. The molecule has 2 aromatic carbocycles. The Labute approximate surface area is 163 Å². The van der Waals surface area contributed by atoms with Crippen molar-refractivity contribution in [2.24, 2.45) is 0 Å². The van der Waals surface area contributed by atoms with Crippen LogP contribution in [0.2, 0.25) is 0 Å². The maximum absolute atomic E-state index is 5.82. The number of anilines is 1. The lowest BCUT2D eigenvalue weighted by Gasteiger charge is -2.13. The van der Waals surface area contributed by atoms with E-state index in [1.807, 2.05) is 68.4 Å². The summed E-state index contributed by atoms with van der Waals surface area (Å²) in [6, 6.07) is 17.3. The van der Waals surface area contributed by atoms with Gasteiger partial charge in [-0.1, -0.05) is 18.2 Å². The molecule has 4 rings (SSSR count). The number of nitrogens with zero attached hydrogens (tertiary/aromatic N) is 4. The highest BCUT2D eigenvalue weighted by Gasteiger charge is 2.10. The molecular weight excluding hydrogens is 354 g/mol. The molecule has 4 aromatic rings. The Morgan fingerprint density at radius 2 is 1.64 bits per heavy atom. The number of benzene rings is 2. The zero-order valence-corrected chi connectivity index (χ0v) is 15.8.